The molecule has 1 amide bonds. The molecule has 1 aromatic carbocycles. The average Bonchev–Trinajstić information content (AvgIpc) is 2.64. The zero-order chi connectivity index (χ0) is 19.7. The molecule has 11 heteroatoms. The van der Waals surface area contributed by atoms with Gasteiger partial charge in [-0.15, -0.1) is 0 Å². The van der Waals surface area contributed by atoms with Crippen LogP contribution in [0.15, 0.2) is 10.5 Å². The zero-order valence-electron chi connectivity index (χ0n) is 14.1. The highest BCUT2D eigenvalue weighted by Gasteiger charge is 2.32. The summed E-state index contributed by atoms with van der Waals surface area (Å²) in [5.41, 5.74) is 0.0233. The molecule has 0 saturated carbocycles. The summed E-state index contributed by atoms with van der Waals surface area (Å²) in [6.45, 7) is 0.722. The lowest BCUT2D eigenvalue weighted by atomic mass is 10.1. The molecule has 8 nitrogen and oxygen atoms in total. The molecule has 27 heavy (non-hydrogen) atoms. The van der Waals surface area contributed by atoms with Gasteiger partial charge in [0, 0.05) is 25.0 Å². The number of hydrogen-bond donors (Lipinski definition) is 1. The van der Waals surface area contributed by atoms with Crippen molar-refractivity contribution in [2.75, 3.05) is 31.6 Å². The monoisotopic (exact) mass is 457 g/mol. The standard InChI is InChI=1S/C16H14BrClFN5O3/c1-27-10-6-9-13(12(19)11(10)17)21-15(18)22-14(9)23-4-5-24(16(25)26)8(7-23)2-3-20/h6,8H,2,4-5,7H2,1H3,(H,25,26). The summed E-state index contributed by atoms with van der Waals surface area (Å²) in [5.74, 6) is 0.000226. The Balaban J connectivity index is 2.10. The minimum absolute atomic E-state index is 0.0233. The van der Waals surface area contributed by atoms with Gasteiger partial charge in [0.2, 0.25) is 5.28 Å². The normalized spacial score (nSPS) is 17.1. The van der Waals surface area contributed by atoms with Crippen LogP contribution in [0.1, 0.15) is 6.42 Å². The van der Waals surface area contributed by atoms with Gasteiger partial charge in [-0.3, -0.25) is 0 Å². The maximum atomic E-state index is 14.7. The third-order valence-corrected chi connectivity index (χ3v) is 5.27. The second-order valence-corrected chi connectivity index (χ2v) is 6.99. The van der Waals surface area contributed by atoms with Crippen LogP contribution in [0, 0.1) is 17.1 Å². The van der Waals surface area contributed by atoms with Crippen molar-refractivity contribution in [1.82, 2.24) is 14.9 Å². The quantitative estimate of drug-likeness (QED) is 0.704. The number of carbonyl (C=O) groups is 1. The first-order chi connectivity index (χ1) is 12.9. The molecule has 1 N–H and O–H groups in total. The molecule has 1 aliphatic heterocycles. The highest BCUT2D eigenvalue weighted by molar-refractivity contribution is 9.10. The molecule has 1 saturated heterocycles. The van der Waals surface area contributed by atoms with Crippen LogP contribution in [-0.4, -0.2) is 58.9 Å². The molecule has 1 aliphatic rings. The van der Waals surface area contributed by atoms with Gasteiger partial charge in [-0.05, 0) is 33.6 Å². The number of ether oxygens (including phenoxy) is 1. The maximum absolute atomic E-state index is 14.7. The number of anilines is 1. The Kier molecular flexibility index (Phi) is 5.53. The third-order valence-electron chi connectivity index (χ3n) is 4.37. The number of nitriles is 1. The van der Waals surface area contributed by atoms with Crippen molar-refractivity contribution in [2.24, 2.45) is 0 Å². The van der Waals surface area contributed by atoms with E-state index in [9.17, 15) is 14.3 Å². The number of piperazine rings is 1. The molecule has 0 radical (unpaired) electrons. The zero-order valence-corrected chi connectivity index (χ0v) is 16.5. The van der Waals surface area contributed by atoms with Crippen LogP contribution in [0.3, 0.4) is 0 Å². The lowest BCUT2D eigenvalue weighted by molar-refractivity contribution is 0.119. The van der Waals surface area contributed by atoms with E-state index in [4.69, 9.17) is 21.6 Å². The molecule has 142 valence electrons. The topological polar surface area (TPSA) is 103 Å². The van der Waals surface area contributed by atoms with Gasteiger partial charge in [-0.25, -0.2) is 14.2 Å². The number of methoxy groups -OCH3 is 1. The predicted octanol–water partition coefficient (Wildman–Crippen LogP) is 3.28. The minimum Gasteiger partial charge on any atom is -0.495 e. The average molecular weight is 459 g/mol. The van der Waals surface area contributed by atoms with Crippen LogP contribution in [0.2, 0.25) is 5.28 Å². The Morgan fingerprint density at radius 1 is 1.56 bits per heavy atom. The van der Waals surface area contributed by atoms with Gasteiger partial charge in [0.25, 0.3) is 0 Å². The van der Waals surface area contributed by atoms with Crippen molar-refractivity contribution in [3.8, 4) is 11.8 Å². The van der Waals surface area contributed by atoms with E-state index in [2.05, 4.69) is 25.9 Å². The number of benzene rings is 1. The molecule has 1 aromatic heterocycles. The van der Waals surface area contributed by atoms with E-state index in [1.807, 2.05) is 6.07 Å². The fourth-order valence-corrected chi connectivity index (χ4v) is 3.74. The van der Waals surface area contributed by atoms with Crippen LogP contribution in [0.5, 0.6) is 5.75 Å². The lowest BCUT2D eigenvalue weighted by Gasteiger charge is -2.39. The Labute approximate surface area is 167 Å². The number of hydrogen-bond acceptors (Lipinski definition) is 6. The number of halogens is 3. The third kappa shape index (κ3) is 3.57. The van der Waals surface area contributed by atoms with E-state index in [-0.39, 0.29) is 40.5 Å². The maximum Gasteiger partial charge on any atom is 0.407 e. The van der Waals surface area contributed by atoms with E-state index in [1.54, 1.807) is 11.0 Å². The first-order valence-electron chi connectivity index (χ1n) is 7.88. The van der Waals surface area contributed by atoms with Crippen molar-refractivity contribution in [3.63, 3.8) is 0 Å². The Morgan fingerprint density at radius 2 is 2.30 bits per heavy atom. The molecule has 1 atom stereocenters. The predicted molar refractivity (Wildman–Crippen MR) is 99.7 cm³/mol. The fourth-order valence-electron chi connectivity index (χ4n) is 3.11. The van der Waals surface area contributed by atoms with E-state index < -0.39 is 18.0 Å². The number of amides is 1. The van der Waals surface area contributed by atoms with Crippen molar-refractivity contribution in [3.05, 3.63) is 21.6 Å². The van der Waals surface area contributed by atoms with Gasteiger partial charge in [0.05, 0.1) is 30.1 Å². The van der Waals surface area contributed by atoms with Crippen molar-refractivity contribution in [1.29, 1.82) is 5.26 Å². The summed E-state index contributed by atoms with van der Waals surface area (Å²) in [6, 6.07) is 3.06. The van der Waals surface area contributed by atoms with Crippen molar-refractivity contribution < 1.29 is 19.0 Å². The molecule has 0 spiro atoms. The second-order valence-electron chi connectivity index (χ2n) is 5.86. The van der Waals surface area contributed by atoms with Gasteiger partial charge in [0.1, 0.15) is 17.1 Å². The lowest BCUT2D eigenvalue weighted by Crippen LogP contribution is -2.55. The number of aromatic nitrogens is 2. The van der Waals surface area contributed by atoms with Gasteiger partial charge in [-0.1, -0.05) is 0 Å². The molecule has 0 aliphatic carbocycles. The summed E-state index contributed by atoms with van der Waals surface area (Å²) in [7, 11) is 1.41. The Morgan fingerprint density at radius 3 is 2.93 bits per heavy atom. The van der Waals surface area contributed by atoms with Crippen LogP contribution in [0.25, 0.3) is 10.9 Å². The summed E-state index contributed by atoms with van der Waals surface area (Å²) < 4.78 is 20.0. The molecule has 2 heterocycles. The minimum atomic E-state index is -1.09. The van der Waals surface area contributed by atoms with Crippen LogP contribution in [0.4, 0.5) is 15.0 Å². The highest BCUT2D eigenvalue weighted by Crippen LogP contribution is 2.37. The van der Waals surface area contributed by atoms with E-state index >= 15 is 0 Å². The Bertz CT molecular complexity index is 954. The summed E-state index contributed by atoms with van der Waals surface area (Å²) in [4.78, 5) is 22.6. The molecular formula is C16H14BrClFN5O3. The first-order valence-corrected chi connectivity index (χ1v) is 9.05. The van der Waals surface area contributed by atoms with Gasteiger partial charge < -0.3 is 19.6 Å². The van der Waals surface area contributed by atoms with Crippen LogP contribution < -0.4 is 9.64 Å². The SMILES string of the molecule is COc1cc2c(N3CCN(C(=O)O)C(CC#N)C3)nc(Cl)nc2c(F)c1Br. The van der Waals surface area contributed by atoms with Crippen molar-refractivity contribution in [2.45, 2.75) is 12.5 Å². The number of carboxylic acid groups (broad SMARTS) is 1. The van der Waals surface area contributed by atoms with Crippen LogP contribution >= 0.6 is 27.5 Å². The highest BCUT2D eigenvalue weighted by atomic mass is 79.9. The molecule has 3 rings (SSSR count). The molecule has 1 unspecified atom stereocenters. The van der Waals surface area contributed by atoms with E-state index in [1.165, 1.54) is 12.0 Å². The summed E-state index contributed by atoms with van der Waals surface area (Å²) in [6.07, 6.45) is -1.06. The largest absolute Gasteiger partial charge is 0.495 e. The van der Waals surface area contributed by atoms with E-state index in [0.717, 1.165) is 0 Å². The van der Waals surface area contributed by atoms with Gasteiger partial charge >= 0.3 is 6.09 Å². The first kappa shape index (κ1) is 19.4. The van der Waals surface area contributed by atoms with Gasteiger partial charge in [-0.2, -0.15) is 10.2 Å². The molecular weight excluding hydrogens is 445 g/mol. The van der Waals surface area contributed by atoms with Crippen molar-refractivity contribution >= 4 is 50.3 Å². The van der Waals surface area contributed by atoms with E-state index in [0.29, 0.717) is 17.7 Å². The smallest absolute Gasteiger partial charge is 0.407 e. The number of fused-ring (bicyclic) bond motifs is 1. The number of rotatable bonds is 3. The number of nitrogens with zero attached hydrogens (tertiary/aromatic N) is 5. The van der Waals surface area contributed by atoms with Crippen LogP contribution in [-0.2, 0) is 0 Å². The summed E-state index contributed by atoms with van der Waals surface area (Å²) in [5, 5.41) is 18.6. The molecule has 2 aromatic rings. The fraction of sp³-hybridized carbons (Fsp3) is 0.375. The van der Waals surface area contributed by atoms with Gasteiger partial charge in [0.15, 0.2) is 5.82 Å². The molecule has 1 fully saturated rings. The summed E-state index contributed by atoms with van der Waals surface area (Å²) >= 11 is 9.13. The Hall–Kier alpha value is -2.38. The molecule has 0 bridgehead atoms. The second kappa shape index (κ2) is 7.70.